The van der Waals surface area contributed by atoms with Gasteiger partial charge in [0.15, 0.2) is 0 Å². The highest BCUT2D eigenvalue weighted by Gasteiger charge is 2.25. The molecule has 1 heterocycles. The molecule has 15 heavy (non-hydrogen) atoms. The van der Waals surface area contributed by atoms with Gasteiger partial charge >= 0.3 is 0 Å². The Morgan fingerprint density at radius 3 is 2.73 bits per heavy atom. The third-order valence-electron chi connectivity index (χ3n) is 2.55. The third kappa shape index (κ3) is 3.77. The van der Waals surface area contributed by atoms with E-state index in [9.17, 15) is 9.90 Å². The van der Waals surface area contributed by atoms with E-state index in [-0.39, 0.29) is 17.9 Å². The summed E-state index contributed by atoms with van der Waals surface area (Å²) in [6, 6.07) is -0.616. The summed E-state index contributed by atoms with van der Waals surface area (Å²) in [5.41, 5.74) is 5.70. The zero-order valence-corrected chi connectivity index (χ0v) is 9.27. The minimum Gasteiger partial charge on any atom is -0.391 e. The molecule has 0 aromatic heterocycles. The SMILES string of the molecule is CC(C)C(N)C(=O)NC1COCC(O)C1. The van der Waals surface area contributed by atoms with Gasteiger partial charge in [0.05, 0.1) is 31.4 Å². The predicted molar refractivity (Wildman–Crippen MR) is 56.2 cm³/mol. The van der Waals surface area contributed by atoms with Crippen molar-refractivity contribution >= 4 is 5.91 Å². The lowest BCUT2D eigenvalue weighted by atomic mass is 10.0. The first-order chi connectivity index (χ1) is 7.00. The molecule has 0 aliphatic carbocycles. The molecule has 1 amide bonds. The van der Waals surface area contributed by atoms with Gasteiger partial charge in [-0.15, -0.1) is 0 Å². The molecular formula is C10H20N2O3. The molecule has 88 valence electrons. The molecule has 1 rings (SSSR count). The summed E-state index contributed by atoms with van der Waals surface area (Å²) in [6.07, 6.45) is 0.0515. The second-order valence-corrected chi connectivity index (χ2v) is 4.40. The maximum atomic E-state index is 11.6. The number of hydrogen-bond donors (Lipinski definition) is 3. The van der Waals surface area contributed by atoms with Crippen LogP contribution in [0.4, 0.5) is 0 Å². The molecule has 4 N–H and O–H groups in total. The Morgan fingerprint density at radius 2 is 2.20 bits per heavy atom. The second-order valence-electron chi connectivity index (χ2n) is 4.40. The highest BCUT2D eigenvalue weighted by molar-refractivity contribution is 5.82. The fourth-order valence-corrected chi connectivity index (χ4v) is 1.51. The van der Waals surface area contributed by atoms with E-state index in [0.717, 1.165) is 0 Å². The summed E-state index contributed by atoms with van der Waals surface area (Å²) in [6.45, 7) is 4.60. The van der Waals surface area contributed by atoms with Gasteiger partial charge in [0.2, 0.25) is 5.91 Å². The lowest BCUT2D eigenvalue weighted by Gasteiger charge is -2.28. The largest absolute Gasteiger partial charge is 0.391 e. The molecule has 0 bridgehead atoms. The first kappa shape index (κ1) is 12.4. The number of ether oxygens (including phenoxy) is 1. The molecular weight excluding hydrogens is 196 g/mol. The molecule has 0 aromatic rings. The van der Waals surface area contributed by atoms with E-state index in [1.54, 1.807) is 0 Å². The van der Waals surface area contributed by atoms with E-state index in [1.807, 2.05) is 13.8 Å². The Morgan fingerprint density at radius 1 is 1.53 bits per heavy atom. The maximum absolute atomic E-state index is 11.6. The summed E-state index contributed by atoms with van der Waals surface area (Å²) in [5.74, 6) is -0.0628. The van der Waals surface area contributed by atoms with Crippen LogP contribution in [0.5, 0.6) is 0 Å². The number of rotatable bonds is 3. The third-order valence-corrected chi connectivity index (χ3v) is 2.55. The molecule has 1 saturated heterocycles. The van der Waals surface area contributed by atoms with Crippen LogP contribution in [0.3, 0.4) is 0 Å². The number of nitrogens with two attached hydrogens (primary N) is 1. The molecule has 0 aromatic carbocycles. The van der Waals surface area contributed by atoms with Crippen molar-refractivity contribution in [3.63, 3.8) is 0 Å². The molecule has 5 nitrogen and oxygen atoms in total. The first-order valence-electron chi connectivity index (χ1n) is 5.32. The van der Waals surface area contributed by atoms with E-state index in [4.69, 9.17) is 10.5 Å². The van der Waals surface area contributed by atoms with E-state index < -0.39 is 12.1 Å². The van der Waals surface area contributed by atoms with Crippen molar-refractivity contribution in [3.8, 4) is 0 Å². The van der Waals surface area contributed by atoms with Crippen molar-refractivity contribution in [3.05, 3.63) is 0 Å². The minimum absolute atomic E-state index is 0.111. The van der Waals surface area contributed by atoms with Crippen LogP contribution in [0.1, 0.15) is 20.3 Å². The first-order valence-corrected chi connectivity index (χ1v) is 5.32. The van der Waals surface area contributed by atoms with E-state index in [2.05, 4.69) is 5.32 Å². The average Bonchev–Trinajstić information content (AvgIpc) is 2.16. The van der Waals surface area contributed by atoms with Crippen LogP contribution in [0, 0.1) is 5.92 Å². The Kier molecular flexibility index (Phi) is 4.50. The van der Waals surface area contributed by atoms with E-state index in [0.29, 0.717) is 19.6 Å². The van der Waals surface area contributed by atoms with Crippen molar-refractivity contribution in [2.45, 2.75) is 38.5 Å². The minimum atomic E-state index is -0.496. The highest BCUT2D eigenvalue weighted by atomic mass is 16.5. The van der Waals surface area contributed by atoms with Gasteiger partial charge in [-0.25, -0.2) is 0 Å². The van der Waals surface area contributed by atoms with Crippen LogP contribution >= 0.6 is 0 Å². The fourth-order valence-electron chi connectivity index (χ4n) is 1.51. The van der Waals surface area contributed by atoms with Crippen LogP contribution in [-0.2, 0) is 9.53 Å². The van der Waals surface area contributed by atoms with Gasteiger partial charge in [0.1, 0.15) is 0 Å². The topological polar surface area (TPSA) is 84.6 Å². The van der Waals surface area contributed by atoms with Gasteiger partial charge in [-0.05, 0) is 12.3 Å². The van der Waals surface area contributed by atoms with Crippen LogP contribution in [-0.4, -0.2) is 42.4 Å². The van der Waals surface area contributed by atoms with Gasteiger partial charge < -0.3 is 20.9 Å². The molecule has 3 unspecified atom stereocenters. The molecule has 3 atom stereocenters. The van der Waals surface area contributed by atoms with Crippen molar-refractivity contribution in [1.29, 1.82) is 0 Å². The number of nitrogens with one attached hydrogen (secondary N) is 1. The van der Waals surface area contributed by atoms with E-state index in [1.165, 1.54) is 0 Å². The van der Waals surface area contributed by atoms with Crippen LogP contribution in [0.25, 0.3) is 0 Å². The van der Waals surface area contributed by atoms with Gasteiger partial charge in [-0.2, -0.15) is 0 Å². The highest BCUT2D eigenvalue weighted by Crippen LogP contribution is 2.08. The van der Waals surface area contributed by atoms with Crippen LogP contribution < -0.4 is 11.1 Å². The lowest BCUT2D eigenvalue weighted by molar-refractivity contribution is -0.125. The molecule has 1 fully saturated rings. The summed E-state index contributed by atoms with van der Waals surface area (Å²) in [5, 5.41) is 12.1. The Balaban J connectivity index is 2.37. The number of aliphatic hydroxyl groups excluding tert-OH is 1. The zero-order valence-electron chi connectivity index (χ0n) is 9.27. The Hall–Kier alpha value is -0.650. The number of hydrogen-bond acceptors (Lipinski definition) is 4. The number of carbonyl (C=O) groups is 1. The summed E-state index contributed by atoms with van der Waals surface area (Å²) >= 11 is 0. The van der Waals surface area contributed by atoms with Gasteiger partial charge in [-0.3, -0.25) is 4.79 Å². The molecule has 0 spiro atoms. The molecule has 5 heteroatoms. The molecule has 0 saturated carbocycles. The monoisotopic (exact) mass is 216 g/mol. The van der Waals surface area contributed by atoms with Crippen molar-refractivity contribution < 1.29 is 14.6 Å². The van der Waals surface area contributed by atoms with Crippen molar-refractivity contribution in [1.82, 2.24) is 5.32 Å². The smallest absolute Gasteiger partial charge is 0.237 e. The Bertz CT molecular complexity index is 221. The summed E-state index contributed by atoms with van der Waals surface area (Å²) in [4.78, 5) is 11.6. The lowest BCUT2D eigenvalue weighted by Crippen LogP contribution is -2.51. The second kappa shape index (κ2) is 5.44. The van der Waals surface area contributed by atoms with Crippen molar-refractivity contribution in [2.24, 2.45) is 11.7 Å². The normalized spacial score (nSPS) is 28.9. The molecule has 1 aliphatic rings. The van der Waals surface area contributed by atoms with Crippen molar-refractivity contribution in [2.75, 3.05) is 13.2 Å². The zero-order chi connectivity index (χ0) is 11.4. The van der Waals surface area contributed by atoms with E-state index >= 15 is 0 Å². The predicted octanol–water partition coefficient (Wildman–Crippen LogP) is -0.764. The molecule has 1 aliphatic heterocycles. The summed E-state index contributed by atoms with van der Waals surface area (Å²) in [7, 11) is 0. The number of carbonyl (C=O) groups excluding carboxylic acids is 1. The van der Waals surface area contributed by atoms with Gasteiger partial charge in [0.25, 0.3) is 0 Å². The van der Waals surface area contributed by atoms with Gasteiger partial charge in [-0.1, -0.05) is 13.8 Å². The maximum Gasteiger partial charge on any atom is 0.237 e. The van der Waals surface area contributed by atoms with Crippen LogP contribution in [0.2, 0.25) is 0 Å². The number of aliphatic hydroxyl groups is 1. The number of amides is 1. The quantitative estimate of drug-likeness (QED) is 0.578. The molecule has 0 radical (unpaired) electrons. The van der Waals surface area contributed by atoms with Gasteiger partial charge in [0, 0.05) is 0 Å². The average molecular weight is 216 g/mol. The van der Waals surface area contributed by atoms with Crippen LogP contribution in [0.15, 0.2) is 0 Å². The fraction of sp³-hybridized carbons (Fsp3) is 0.900. The summed E-state index contributed by atoms with van der Waals surface area (Å²) < 4.78 is 5.13. The Labute approximate surface area is 90.0 Å². The standard InChI is InChI=1S/C10H20N2O3/c1-6(2)9(11)10(14)12-7-3-8(13)5-15-4-7/h6-9,13H,3-5,11H2,1-2H3,(H,12,14).